The van der Waals surface area contributed by atoms with Gasteiger partial charge in [0, 0.05) is 17.4 Å². The van der Waals surface area contributed by atoms with Crippen LogP contribution in [0.2, 0.25) is 0 Å². The van der Waals surface area contributed by atoms with Gasteiger partial charge in [-0.25, -0.2) is 9.80 Å². The van der Waals surface area contributed by atoms with Crippen molar-refractivity contribution < 1.29 is 4.79 Å². The molecule has 4 aliphatic rings. The molecule has 33 heavy (non-hydrogen) atoms. The second-order valence-electron chi connectivity index (χ2n) is 11.6. The highest BCUT2D eigenvalue weighted by Crippen LogP contribution is 2.65. The summed E-state index contributed by atoms with van der Waals surface area (Å²) in [4.78, 5) is 13.5. The van der Waals surface area contributed by atoms with Gasteiger partial charge in [-0.3, -0.25) is 0 Å². The van der Waals surface area contributed by atoms with Crippen LogP contribution in [0.25, 0.3) is 0 Å². The van der Waals surface area contributed by atoms with Gasteiger partial charge < -0.3 is 5.32 Å². The second-order valence-corrected chi connectivity index (χ2v) is 11.6. The van der Waals surface area contributed by atoms with E-state index in [1.165, 1.54) is 24.0 Å². The summed E-state index contributed by atoms with van der Waals surface area (Å²) in [6.07, 6.45) is 5.79. The molecule has 1 aliphatic heterocycles. The van der Waals surface area contributed by atoms with E-state index in [0.717, 1.165) is 25.0 Å². The normalized spacial score (nSPS) is 33.1. The number of rotatable bonds is 4. The third kappa shape index (κ3) is 3.02. The standard InChI is InChI=1S/C29H35N3O/c1-27(2)22-14-15-28(27,3)24(18-22)30-26(33)32-19-23(20-10-6-4-7-11-20)25(31-32)29(16-17-29)21-12-8-5-9-13-21/h4-13,22-24H,14-19H2,1-3H3,(H,30,33)/t22-,23?,24+,28+/m1/s1. The van der Waals surface area contributed by atoms with Crippen molar-refractivity contribution in [3.05, 3.63) is 71.8 Å². The van der Waals surface area contributed by atoms with Crippen LogP contribution in [0.15, 0.2) is 65.8 Å². The summed E-state index contributed by atoms with van der Waals surface area (Å²) < 4.78 is 0. The van der Waals surface area contributed by atoms with Crippen molar-refractivity contribution in [2.24, 2.45) is 21.8 Å². The predicted molar refractivity (Wildman–Crippen MR) is 132 cm³/mol. The molecule has 1 heterocycles. The van der Waals surface area contributed by atoms with Crippen molar-refractivity contribution in [2.75, 3.05) is 6.54 Å². The molecular formula is C29H35N3O. The largest absolute Gasteiger partial charge is 0.338 e. The number of nitrogens with zero attached hydrogens (tertiary/aromatic N) is 2. The van der Waals surface area contributed by atoms with E-state index in [1.54, 1.807) is 5.01 Å². The van der Waals surface area contributed by atoms with Gasteiger partial charge in [-0.2, -0.15) is 5.10 Å². The number of carbonyl (C=O) groups is 1. The second kappa shape index (κ2) is 7.19. The molecule has 2 aromatic carbocycles. The highest BCUT2D eigenvalue weighted by molar-refractivity contribution is 6.04. The number of hydrogen-bond acceptors (Lipinski definition) is 2. The van der Waals surface area contributed by atoms with E-state index in [2.05, 4.69) is 86.8 Å². The average Bonchev–Trinajstić information content (AvgIpc) is 3.41. The Bertz CT molecular complexity index is 1090. The number of carbonyl (C=O) groups excluding carboxylic acids is 1. The van der Waals surface area contributed by atoms with Crippen molar-refractivity contribution >= 4 is 11.7 Å². The predicted octanol–water partition coefficient (Wildman–Crippen LogP) is 6.10. The lowest BCUT2D eigenvalue weighted by Gasteiger charge is -2.39. The van der Waals surface area contributed by atoms with Gasteiger partial charge in [0.15, 0.2) is 0 Å². The van der Waals surface area contributed by atoms with Crippen LogP contribution in [0.4, 0.5) is 4.79 Å². The van der Waals surface area contributed by atoms with E-state index in [0.29, 0.717) is 12.5 Å². The fourth-order valence-electron chi connectivity index (χ4n) is 7.23. The Kier molecular flexibility index (Phi) is 4.56. The van der Waals surface area contributed by atoms with E-state index in [1.807, 2.05) is 0 Å². The van der Waals surface area contributed by atoms with Crippen LogP contribution in [0.5, 0.6) is 0 Å². The van der Waals surface area contributed by atoms with Crippen LogP contribution in [-0.2, 0) is 5.41 Å². The SMILES string of the molecule is CC1(C)[C@@H]2CC[C@@]1(C)[C@@H](NC(=O)N1CC(c3ccccc3)C(C3(c4ccccc4)CC3)=N1)C2. The zero-order chi connectivity index (χ0) is 22.8. The molecule has 4 nitrogen and oxygen atoms in total. The monoisotopic (exact) mass is 441 g/mol. The highest BCUT2D eigenvalue weighted by atomic mass is 16.2. The van der Waals surface area contributed by atoms with Gasteiger partial charge in [-0.15, -0.1) is 0 Å². The minimum Gasteiger partial charge on any atom is -0.333 e. The Morgan fingerprint density at radius 1 is 0.970 bits per heavy atom. The molecule has 0 spiro atoms. The lowest BCUT2D eigenvalue weighted by Crippen LogP contribution is -2.50. The lowest BCUT2D eigenvalue weighted by atomic mass is 9.69. The maximum Gasteiger partial charge on any atom is 0.338 e. The molecule has 1 unspecified atom stereocenters. The molecule has 2 aromatic rings. The molecule has 3 aliphatic carbocycles. The first-order valence-corrected chi connectivity index (χ1v) is 12.6. The number of hydrazone groups is 1. The zero-order valence-corrected chi connectivity index (χ0v) is 20.1. The van der Waals surface area contributed by atoms with E-state index in [9.17, 15) is 4.79 Å². The molecule has 4 heteroatoms. The van der Waals surface area contributed by atoms with Gasteiger partial charge in [0.1, 0.15) is 0 Å². The van der Waals surface area contributed by atoms with Crippen LogP contribution in [0, 0.1) is 16.7 Å². The molecule has 0 aromatic heterocycles. The van der Waals surface area contributed by atoms with Crippen molar-refractivity contribution in [3.63, 3.8) is 0 Å². The number of fused-ring (bicyclic) bond motifs is 2. The van der Waals surface area contributed by atoms with E-state index in [4.69, 9.17) is 5.10 Å². The fourth-order valence-corrected chi connectivity index (χ4v) is 7.23. The molecule has 4 atom stereocenters. The number of amides is 2. The molecule has 0 saturated heterocycles. The van der Waals surface area contributed by atoms with Gasteiger partial charge in [-0.05, 0) is 60.0 Å². The Hall–Kier alpha value is -2.62. The Labute approximate surface area is 197 Å². The van der Waals surface area contributed by atoms with Gasteiger partial charge in [-0.1, -0.05) is 81.4 Å². The summed E-state index contributed by atoms with van der Waals surface area (Å²) in [5.41, 5.74) is 4.16. The number of nitrogens with one attached hydrogen (secondary N) is 1. The van der Waals surface area contributed by atoms with Gasteiger partial charge >= 0.3 is 6.03 Å². The maximum atomic E-state index is 13.5. The van der Waals surface area contributed by atoms with Gasteiger partial charge in [0.05, 0.1) is 12.3 Å². The molecule has 6 rings (SSSR count). The molecule has 3 saturated carbocycles. The Morgan fingerprint density at radius 2 is 1.64 bits per heavy atom. The van der Waals surface area contributed by atoms with E-state index >= 15 is 0 Å². The first-order chi connectivity index (χ1) is 15.8. The van der Waals surface area contributed by atoms with Gasteiger partial charge in [0.25, 0.3) is 0 Å². The fraction of sp³-hybridized carbons (Fsp3) is 0.517. The highest BCUT2D eigenvalue weighted by Gasteiger charge is 2.62. The minimum absolute atomic E-state index is 0.0237. The molecule has 0 radical (unpaired) electrons. The zero-order valence-electron chi connectivity index (χ0n) is 20.1. The molecule has 3 fully saturated rings. The molecule has 1 N–H and O–H groups in total. The lowest BCUT2D eigenvalue weighted by molar-refractivity contribution is 0.118. The van der Waals surface area contributed by atoms with Crippen LogP contribution in [-0.4, -0.2) is 29.3 Å². The first-order valence-electron chi connectivity index (χ1n) is 12.6. The number of benzene rings is 2. The van der Waals surface area contributed by atoms with Crippen LogP contribution in [0.3, 0.4) is 0 Å². The van der Waals surface area contributed by atoms with Crippen LogP contribution in [0.1, 0.15) is 69.9 Å². The number of hydrogen-bond donors (Lipinski definition) is 1. The Morgan fingerprint density at radius 3 is 2.21 bits per heavy atom. The summed E-state index contributed by atoms with van der Waals surface area (Å²) in [5, 5.41) is 10.2. The van der Waals surface area contributed by atoms with Crippen molar-refractivity contribution in [2.45, 2.75) is 70.3 Å². The van der Waals surface area contributed by atoms with Crippen LogP contribution >= 0.6 is 0 Å². The topological polar surface area (TPSA) is 44.7 Å². The summed E-state index contributed by atoms with van der Waals surface area (Å²) in [7, 11) is 0. The molecule has 2 amide bonds. The minimum atomic E-state index is -0.0306. The van der Waals surface area contributed by atoms with E-state index < -0.39 is 0 Å². The van der Waals surface area contributed by atoms with Crippen molar-refractivity contribution in [1.29, 1.82) is 0 Å². The third-order valence-electron chi connectivity index (χ3n) is 10.0. The van der Waals surface area contributed by atoms with E-state index in [-0.39, 0.29) is 34.2 Å². The Balaban J connectivity index is 1.30. The first kappa shape index (κ1) is 20.9. The molecule has 2 bridgehead atoms. The van der Waals surface area contributed by atoms with Gasteiger partial charge in [0.2, 0.25) is 0 Å². The summed E-state index contributed by atoms with van der Waals surface area (Å²) >= 11 is 0. The van der Waals surface area contributed by atoms with Crippen LogP contribution < -0.4 is 5.32 Å². The summed E-state index contributed by atoms with van der Waals surface area (Å²) in [6.45, 7) is 7.79. The number of urea groups is 1. The quantitative estimate of drug-likeness (QED) is 0.612. The maximum absolute atomic E-state index is 13.5. The smallest absolute Gasteiger partial charge is 0.333 e. The summed E-state index contributed by atoms with van der Waals surface area (Å²) in [6, 6.07) is 21.6. The molecule has 172 valence electrons. The van der Waals surface area contributed by atoms with Crippen molar-refractivity contribution in [3.8, 4) is 0 Å². The summed E-state index contributed by atoms with van der Waals surface area (Å²) in [5.74, 6) is 0.849. The third-order valence-corrected chi connectivity index (χ3v) is 10.0. The molecular weight excluding hydrogens is 406 g/mol. The van der Waals surface area contributed by atoms with Crippen molar-refractivity contribution in [1.82, 2.24) is 10.3 Å². The average molecular weight is 442 g/mol.